The third kappa shape index (κ3) is 5.90. The number of aromatic nitrogens is 1. The maximum absolute atomic E-state index is 13.2. The fraction of sp³-hybridized carbons (Fsp3) is 0.115. The van der Waals surface area contributed by atoms with Gasteiger partial charge in [0, 0.05) is 21.4 Å². The number of carbonyl (C=O) groups excluding carboxylic acids is 3. The molecule has 4 rings (SSSR count). The van der Waals surface area contributed by atoms with E-state index in [4.69, 9.17) is 11.6 Å². The molecule has 3 N–H and O–H groups in total. The lowest BCUT2D eigenvalue weighted by Crippen LogP contribution is -2.40. The highest BCUT2D eigenvalue weighted by molar-refractivity contribution is 9.10. The highest BCUT2D eigenvalue weighted by atomic mass is 79.9. The van der Waals surface area contributed by atoms with Gasteiger partial charge in [0.1, 0.15) is 5.69 Å². The van der Waals surface area contributed by atoms with Crippen LogP contribution in [0.2, 0.25) is 5.02 Å². The zero-order valence-electron chi connectivity index (χ0n) is 18.8. The highest BCUT2D eigenvalue weighted by Gasteiger charge is 2.21. The van der Waals surface area contributed by atoms with Crippen molar-refractivity contribution in [3.8, 4) is 0 Å². The van der Waals surface area contributed by atoms with Gasteiger partial charge in [-0.15, -0.1) is 0 Å². The second kappa shape index (κ2) is 10.8. The van der Waals surface area contributed by atoms with E-state index >= 15 is 0 Å². The van der Waals surface area contributed by atoms with Gasteiger partial charge in [0.15, 0.2) is 0 Å². The van der Waals surface area contributed by atoms with Gasteiger partial charge in [0.2, 0.25) is 0 Å². The maximum Gasteiger partial charge on any atom is 0.328 e. The van der Waals surface area contributed by atoms with Crippen LogP contribution in [0, 0.1) is 6.92 Å². The molecule has 35 heavy (non-hydrogen) atoms. The molecule has 3 amide bonds. The number of carbonyl (C=O) groups is 3. The van der Waals surface area contributed by atoms with Crippen LogP contribution in [0.4, 0.5) is 5.69 Å². The first-order valence-corrected chi connectivity index (χ1v) is 12.0. The molecule has 0 aliphatic carbocycles. The van der Waals surface area contributed by atoms with Crippen LogP contribution in [-0.4, -0.2) is 28.9 Å². The summed E-state index contributed by atoms with van der Waals surface area (Å²) in [5.41, 5.74) is 5.85. The fourth-order valence-corrected chi connectivity index (χ4v) is 4.35. The van der Waals surface area contributed by atoms with Crippen molar-refractivity contribution in [2.45, 2.75) is 13.3 Å². The average molecular weight is 554 g/mol. The molecule has 0 atom stereocenters. The van der Waals surface area contributed by atoms with E-state index in [-0.39, 0.29) is 5.69 Å². The Balaban J connectivity index is 1.53. The fourth-order valence-electron chi connectivity index (χ4n) is 3.58. The van der Waals surface area contributed by atoms with E-state index in [2.05, 4.69) is 32.0 Å². The Morgan fingerprint density at radius 3 is 2.46 bits per heavy atom. The Morgan fingerprint density at radius 1 is 0.943 bits per heavy atom. The molecular formula is C26H22BrClN4O3. The minimum absolute atomic E-state index is 0.139. The third-order valence-electron chi connectivity index (χ3n) is 5.33. The van der Waals surface area contributed by atoms with Crippen molar-refractivity contribution in [1.29, 1.82) is 0 Å². The monoisotopic (exact) mass is 552 g/mol. The van der Waals surface area contributed by atoms with E-state index in [1.165, 1.54) is 4.68 Å². The van der Waals surface area contributed by atoms with Crippen LogP contribution in [0.1, 0.15) is 21.6 Å². The van der Waals surface area contributed by atoms with E-state index in [1.54, 1.807) is 30.3 Å². The lowest BCUT2D eigenvalue weighted by atomic mass is 10.1. The molecule has 0 aliphatic heterocycles. The molecule has 1 heterocycles. The number of fused-ring (bicyclic) bond motifs is 1. The normalized spacial score (nSPS) is 10.7. The summed E-state index contributed by atoms with van der Waals surface area (Å²) in [4.78, 5) is 38.3. The molecule has 0 radical (unpaired) electrons. The number of hydrogen-bond donors (Lipinski definition) is 3. The standard InChI is InChI=1S/C26H22BrClN4O3/c1-16-7-9-21(20(27)13-16)30-24(33)23-15-18-14-19(28)8-10-22(18)32(23)31-26(35)25(34)29-12-11-17-5-3-2-4-6-17/h2-10,13-15H,11-12H2,1H3,(H,29,34)(H,30,33)(H,31,35). The number of nitrogens with zero attached hydrogens (tertiary/aromatic N) is 1. The number of aryl methyl sites for hydroxylation is 1. The summed E-state index contributed by atoms with van der Waals surface area (Å²) >= 11 is 9.57. The first-order valence-electron chi connectivity index (χ1n) is 10.8. The number of amides is 3. The first kappa shape index (κ1) is 24.5. The molecule has 0 aliphatic rings. The molecule has 7 nitrogen and oxygen atoms in total. The molecule has 3 aromatic carbocycles. The van der Waals surface area contributed by atoms with Gasteiger partial charge in [-0.25, -0.2) is 4.68 Å². The van der Waals surface area contributed by atoms with E-state index in [1.807, 2.05) is 49.4 Å². The Hall–Kier alpha value is -3.62. The minimum atomic E-state index is -0.893. The van der Waals surface area contributed by atoms with Crippen LogP contribution < -0.4 is 16.1 Å². The summed E-state index contributed by atoms with van der Waals surface area (Å²) < 4.78 is 2.01. The van der Waals surface area contributed by atoms with Crippen molar-refractivity contribution in [2.75, 3.05) is 17.3 Å². The number of rotatable bonds is 6. The van der Waals surface area contributed by atoms with Gasteiger partial charge in [-0.05, 0) is 76.8 Å². The molecular weight excluding hydrogens is 532 g/mol. The molecule has 178 valence electrons. The summed E-state index contributed by atoms with van der Waals surface area (Å²) in [5.74, 6) is -2.16. The van der Waals surface area contributed by atoms with Gasteiger partial charge in [-0.1, -0.05) is 48.0 Å². The zero-order chi connectivity index (χ0) is 24.9. The topological polar surface area (TPSA) is 92.2 Å². The maximum atomic E-state index is 13.2. The van der Waals surface area contributed by atoms with Crippen molar-refractivity contribution < 1.29 is 14.4 Å². The molecule has 0 fully saturated rings. The summed E-state index contributed by atoms with van der Waals surface area (Å²) in [6.45, 7) is 2.24. The molecule has 0 unspecified atom stereocenters. The van der Waals surface area contributed by atoms with E-state index < -0.39 is 17.7 Å². The van der Waals surface area contributed by atoms with Crippen LogP contribution in [0.3, 0.4) is 0 Å². The average Bonchev–Trinajstić information content (AvgIpc) is 3.18. The van der Waals surface area contributed by atoms with Crippen LogP contribution in [-0.2, 0) is 16.0 Å². The zero-order valence-corrected chi connectivity index (χ0v) is 21.1. The van der Waals surface area contributed by atoms with Gasteiger partial charge in [0.05, 0.1) is 11.2 Å². The Kier molecular flexibility index (Phi) is 7.53. The summed E-state index contributed by atoms with van der Waals surface area (Å²) in [6.07, 6.45) is 0.587. The highest BCUT2D eigenvalue weighted by Crippen LogP contribution is 2.26. The van der Waals surface area contributed by atoms with Crippen molar-refractivity contribution in [3.05, 3.63) is 99.1 Å². The summed E-state index contributed by atoms with van der Waals surface area (Å²) in [7, 11) is 0. The second-order valence-electron chi connectivity index (χ2n) is 7.94. The van der Waals surface area contributed by atoms with Gasteiger partial charge < -0.3 is 10.6 Å². The lowest BCUT2D eigenvalue weighted by molar-refractivity contribution is -0.136. The largest absolute Gasteiger partial charge is 0.347 e. The predicted molar refractivity (Wildman–Crippen MR) is 141 cm³/mol. The van der Waals surface area contributed by atoms with Gasteiger partial charge >= 0.3 is 11.8 Å². The van der Waals surface area contributed by atoms with Crippen molar-refractivity contribution in [3.63, 3.8) is 0 Å². The molecule has 0 saturated heterocycles. The second-order valence-corrected chi connectivity index (χ2v) is 9.23. The number of benzene rings is 3. The smallest absolute Gasteiger partial charge is 0.328 e. The van der Waals surface area contributed by atoms with Gasteiger partial charge in [-0.2, -0.15) is 0 Å². The van der Waals surface area contributed by atoms with Crippen molar-refractivity contribution in [1.82, 2.24) is 9.99 Å². The molecule has 4 aromatic rings. The lowest BCUT2D eigenvalue weighted by Gasteiger charge is -2.13. The number of hydrogen-bond acceptors (Lipinski definition) is 3. The SMILES string of the molecule is Cc1ccc(NC(=O)c2cc3cc(Cl)ccc3n2NC(=O)C(=O)NCCc2ccccc2)c(Br)c1. The van der Waals surface area contributed by atoms with Crippen LogP contribution in [0.5, 0.6) is 0 Å². The van der Waals surface area contributed by atoms with E-state index in [0.29, 0.717) is 34.6 Å². The first-order chi connectivity index (χ1) is 16.8. The molecule has 1 aromatic heterocycles. The third-order valence-corrected chi connectivity index (χ3v) is 6.22. The van der Waals surface area contributed by atoms with Gasteiger partial charge in [-0.3, -0.25) is 19.8 Å². The van der Waals surface area contributed by atoms with E-state index in [9.17, 15) is 14.4 Å². The summed E-state index contributed by atoms with van der Waals surface area (Å²) in [5, 5.41) is 6.56. The van der Waals surface area contributed by atoms with Crippen LogP contribution in [0.25, 0.3) is 10.9 Å². The number of anilines is 1. The van der Waals surface area contributed by atoms with E-state index in [0.717, 1.165) is 15.6 Å². The minimum Gasteiger partial charge on any atom is -0.347 e. The van der Waals surface area contributed by atoms with Crippen LogP contribution >= 0.6 is 27.5 Å². The Morgan fingerprint density at radius 2 is 1.71 bits per heavy atom. The van der Waals surface area contributed by atoms with Crippen molar-refractivity contribution in [2.24, 2.45) is 0 Å². The Bertz CT molecular complexity index is 1420. The molecule has 9 heteroatoms. The van der Waals surface area contributed by atoms with Crippen LogP contribution in [0.15, 0.2) is 77.3 Å². The molecule has 0 saturated carbocycles. The molecule has 0 bridgehead atoms. The van der Waals surface area contributed by atoms with Gasteiger partial charge in [0.25, 0.3) is 5.91 Å². The summed E-state index contributed by atoms with van der Waals surface area (Å²) in [6, 6.07) is 21.8. The number of halogens is 2. The predicted octanol–water partition coefficient (Wildman–Crippen LogP) is 5.05. The van der Waals surface area contributed by atoms with Crippen molar-refractivity contribution >= 4 is 61.8 Å². The number of nitrogens with one attached hydrogen (secondary N) is 3. The Labute approximate surface area is 215 Å². The quantitative estimate of drug-likeness (QED) is 0.292. The molecule has 0 spiro atoms.